The number of aliphatic hydroxyl groups excluding tert-OH is 2. The highest BCUT2D eigenvalue weighted by Crippen LogP contribution is 2.17. The van der Waals surface area contributed by atoms with Crippen LogP contribution in [0.15, 0.2) is 85.1 Å². The van der Waals surface area contributed by atoms with Gasteiger partial charge in [-0.25, -0.2) is 0 Å². The van der Waals surface area contributed by atoms with E-state index in [9.17, 15) is 19.8 Å². The van der Waals surface area contributed by atoms with Crippen molar-refractivity contribution in [2.75, 3.05) is 6.61 Å². The fourth-order valence-electron chi connectivity index (χ4n) is 8.42. The van der Waals surface area contributed by atoms with Crippen molar-refractivity contribution in [1.29, 1.82) is 0 Å². The van der Waals surface area contributed by atoms with Crippen molar-refractivity contribution in [3.8, 4) is 0 Å². The number of ether oxygens (including phenoxy) is 1. The van der Waals surface area contributed by atoms with Gasteiger partial charge in [-0.3, -0.25) is 9.59 Å². The number of esters is 1. The van der Waals surface area contributed by atoms with Crippen LogP contribution in [0.3, 0.4) is 0 Å². The highest BCUT2D eigenvalue weighted by atomic mass is 16.5. The van der Waals surface area contributed by atoms with E-state index >= 15 is 0 Å². The van der Waals surface area contributed by atoms with Crippen molar-refractivity contribution < 1.29 is 24.5 Å². The van der Waals surface area contributed by atoms with Gasteiger partial charge in [0.2, 0.25) is 5.91 Å². The number of hydrogen-bond donors (Lipinski definition) is 3. The number of allylic oxidation sites excluding steroid dienone is 14. The van der Waals surface area contributed by atoms with Crippen LogP contribution in [0.25, 0.3) is 0 Å². The maximum Gasteiger partial charge on any atom is 0.306 e. The zero-order valence-corrected chi connectivity index (χ0v) is 44.7. The fourth-order valence-corrected chi connectivity index (χ4v) is 8.42. The zero-order chi connectivity index (χ0) is 49.5. The average molecular weight is 949 g/mol. The molecule has 0 fully saturated rings. The van der Waals surface area contributed by atoms with E-state index in [1.165, 1.54) is 141 Å². The lowest BCUT2D eigenvalue weighted by molar-refractivity contribution is -0.151. The smallest absolute Gasteiger partial charge is 0.306 e. The Balaban J connectivity index is 4.66. The molecule has 0 aliphatic heterocycles. The summed E-state index contributed by atoms with van der Waals surface area (Å²) in [5, 5.41) is 23.9. The summed E-state index contributed by atoms with van der Waals surface area (Å²) in [5.41, 5.74) is 0. The lowest BCUT2D eigenvalue weighted by atomic mass is 10.0. The van der Waals surface area contributed by atoms with Gasteiger partial charge in [0.15, 0.2) is 0 Å². The lowest BCUT2D eigenvalue weighted by Crippen LogP contribution is -2.46. The monoisotopic (exact) mass is 948 g/mol. The summed E-state index contributed by atoms with van der Waals surface area (Å²) >= 11 is 0. The third kappa shape index (κ3) is 49.5. The summed E-state index contributed by atoms with van der Waals surface area (Å²) in [4.78, 5) is 26.3. The highest BCUT2D eigenvalue weighted by molar-refractivity contribution is 5.77. The maximum atomic E-state index is 13.3. The minimum absolute atomic E-state index is 0.0318. The topological polar surface area (TPSA) is 95.9 Å². The van der Waals surface area contributed by atoms with Gasteiger partial charge in [-0.1, -0.05) is 260 Å². The van der Waals surface area contributed by atoms with Crippen molar-refractivity contribution in [3.63, 3.8) is 0 Å². The van der Waals surface area contributed by atoms with Crippen molar-refractivity contribution in [1.82, 2.24) is 5.32 Å². The molecule has 6 nitrogen and oxygen atoms in total. The second-order valence-electron chi connectivity index (χ2n) is 19.4. The number of nitrogens with one attached hydrogen (secondary N) is 1. The molecule has 0 aromatic heterocycles. The third-order valence-corrected chi connectivity index (χ3v) is 12.8. The Kier molecular flexibility index (Phi) is 52.6. The molecule has 0 saturated carbocycles. The van der Waals surface area contributed by atoms with Crippen molar-refractivity contribution >= 4 is 11.9 Å². The van der Waals surface area contributed by atoms with Gasteiger partial charge in [0.05, 0.1) is 25.2 Å². The van der Waals surface area contributed by atoms with E-state index in [4.69, 9.17) is 4.74 Å². The normalized spacial score (nSPS) is 13.8. The maximum absolute atomic E-state index is 13.3. The minimum Gasteiger partial charge on any atom is -0.462 e. The number of carbonyl (C=O) groups excluding carboxylic acids is 2. The fraction of sp³-hybridized carbons (Fsp3) is 0.742. The molecule has 3 unspecified atom stereocenters. The molecule has 0 radical (unpaired) electrons. The van der Waals surface area contributed by atoms with Gasteiger partial charge < -0.3 is 20.3 Å². The van der Waals surface area contributed by atoms with E-state index in [2.05, 4.69) is 111 Å². The second kappa shape index (κ2) is 55.0. The van der Waals surface area contributed by atoms with Crippen LogP contribution in [0.5, 0.6) is 0 Å². The van der Waals surface area contributed by atoms with E-state index in [1.54, 1.807) is 0 Å². The second-order valence-corrected chi connectivity index (χ2v) is 19.4. The van der Waals surface area contributed by atoms with Gasteiger partial charge in [-0.15, -0.1) is 0 Å². The first-order valence-electron chi connectivity index (χ1n) is 28.8. The summed E-state index contributed by atoms with van der Waals surface area (Å²) in [7, 11) is 0. The molecule has 68 heavy (non-hydrogen) atoms. The Hall–Kier alpha value is -2.96. The van der Waals surface area contributed by atoms with Gasteiger partial charge in [0.25, 0.3) is 0 Å². The highest BCUT2D eigenvalue weighted by Gasteiger charge is 2.24. The number of unbranched alkanes of at least 4 members (excludes halogenated alkanes) is 27. The predicted molar refractivity (Wildman–Crippen MR) is 296 cm³/mol. The van der Waals surface area contributed by atoms with Crippen LogP contribution < -0.4 is 5.32 Å². The largest absolute Gasteiger partial charge is 0.462 e. The molecule has 0 aliphatic rings. The van der Waals surface area contributed by atoms with Crippen LogP contribution in [0.2, 0.25) is 0 Å². The Morgan fingerprint density at radius 3 is 1.38 bits per heavy atom. The van der Waals surface area contributed by atoms with Crippen LogP contribution in [-0.4, -0.2) is 46.9 Å². The van der Waals surface area contributed by atoms with Crippen LogP contribution in [0.4, 0.5) is 0 Å². The molecule has 0 spiro atoms. The Morgan fingerprint density at radius 2 is 0.868 bits per heavy atom. The van der Waals surface area contributed by atoms with Crippen molar-refractivity contribution in [2.45, 2.75) is 289 Å². The van der Waals surface area contributed by atoms with E-state index in [0.29, 0.717) is 19.3 Å². The molecule has 0 bridgehead atoms. The minimum atomic E-state index is -0.809. The summed E-state index contributed by atoms with van der Waals surface area (Å²) in [6.07, 6.45) is 72.2. The molecule has 392 valence electrons. The predicted octanol–water partition coefficient (Wildman–Crippen LogP) is 17.9. The van der Waals surface area contributed by atoms with E-state index < -0.39 is 18.2 Å². The number of amides is 1. The number of carbonyl (C=O) groups is 2. The van der Waals surface area contributed by atoms with Crippen molar-refractivity contribution in [3.05, 3.63) is 85.1 Å². The van der Waals surface area contributed by atoms with Gasteiger partial charge in [-0.05, 0) is 83.5 Å². The number of aliphatic hydroxyl groups is 2. The molecular formula is C62H109NO5. The summed E-state index contributed by atoms with van der Waals surface area (Å²) in [6, 6.07) is -0.727. The SMILES string of the molecule is CC/C=C/C=C/C=C/CCCCCCCCCC(=O)OC(CCC/C=C\C/C=C\C/C=C\C/C=C\CCCCC)CC(=O)NC(CO)C(O)CCCCCCCCCCCCCCCCCCC. The van der Waals surface area contributed by atoms with Gasteiger partial charge in [0.1, 0.15) is 6.10 Å². The molecule has 0 aliphatic carbocycles. The molecule has 0 aromatic rings. The number of hydrogen-bond acceptors (Lipinski definition) is 5. The molecule has 0 saturated heterocycles. The van der Waals surface area contributed by atoms with Crippen LogP contribution in [0, 0.1) is 0 Å². The van der Waals surface area contributed by atoms with Crippen molar-refractivity contribution in [2.24, 2.45) is 0 Å². The first-order valence-corrected chi connectivity index (χ1v) is 28.8. The molecule has 3 atom stereocenters. The van der Waals surface area contributed by atoms with E-state index in [0.717, 1.165) is 83.5 Å². The Bertz CT molecular complexity index is 1290. The molecule has 0 heterocycles. The van der Waals surface area contributed by atoms with Gasteiger partial charge in [-0.2, -0.15) is 0 Å². The molecule has 0 rings (SSSR count). The molecule has 3 N–H and O–H groups in total. The standard InChI is InChI=1S/C62H109NO5/c1-4-7-10-13-16-19-22-25-28-30-33-35-38-41-44-47-50-53-58(68-62(67)55-52-49-46-43-40-37-32-27-24-21-18-15-12-9-6-3)56-61(66)63-59(57-64)60(65)54-51-48-45-42-39-36-34-31-29-26-23-20-17-14-11-8-5-2/h9,12,15-16,18-19,21,24-25,28,33,35,41,44,58-60,64-65H,4-8,10-11,13-14,17,20,22-23,26-27,29-32,34,36-40,42-43,45-57H2,1-3H3,(H,63,66)/b12-9+,18-15+,19-16-,24-21+,28-25-,35-33-,44-41-. The molecule has 1 amide bonds. The molecule has 0 aromatic carbocycles. The molecule has 6 heteroatoms. The van der Waals surface area contributed by atoms with Crippen LogP contribution in [0.1, 0.15) is 271 Å². The summed E-state index contributed by atoms with van der Waals surface area (Å²) < 4.78 is 5.93. The van der Waals surface area contributed by atoms with Crippen LogP contribution in [-0.2, 0) is 14.3 Å². The summed E-state index contributed by atoms with van der Waals surface area (Å²) in [5.74, 6) is -0.541. The lowest BCUT2D eigenvalue weighted by Gasteiger charge is -2.24. The van der Waals surface area contributed by atoms with E-state index in [1.807, 2.05) is 0 Å². The van der Waals surface area contributed by atoms with E-state index in [-0.39, 0.29) is 24.9 Å². The Morgan fingerprint density at radius 1 is 0.456 bits per heavy atom. The first kappa shape index (κ1) is 65.0. The van der Waals surface area contributed by atoms with Gasteiger partial charge in [0, 0.05) is 6.42 Å². The average Bonchev–Trinajstić information content (AvgIpc) is 3.33. The Labute approximate surface area is 421 Å². The van der Waals surface area contributed by atoms with Gasteiger partial charge >= 0.3 is 5.97 Å². The number of rotatable bonds is 51. The third-order valence-electron chi connectivity index (χ3n) is 12.8. The molecular weight excluding hydrogens is 839 g/mol. The summed E-state index contributed by atoms with van der Waals surface area (Å²) in [6.45, 7) is 6.33. The quantitative estimate of drug-likeness (QED) is 0.0244. The van der Waals surface area contributed by atoms with Crippen LogP contribution >= 0.6 is 0 Å². The zero-order valence-electron chi connectivity index (χ0n) is 44.7. The first-order chi connectivity index (χ1) is 33.5.